The standard InChI is InChI=1S/C21H34Cl5NOSi2/c1-3-4-5-8-15-29(22,23)18-11-14-27-19(18)20(28)21(12-7-6-10-17(21)2)13-9-16-30(24,25)26/h6-7,10,12,17-19,27H,3-5,8-9,11,13-16H2,1-2H3/t17?,18?,19-,21?/m0/s1. The Morgan fingerprint density at radius 2 is 1.80 bits per heavy atom. The molecule has 1 aliphatic heterocycles. The third-order valence-electron chi connectivity index (χ3n) is 6.64. The number of carbonyl (C=O) groups is 1. The molecule has 0 aromatic carbocycles. The van der Waals surface area contributed by atoms with Crippen LogP contribution in [0.4, 0.5) is 0 Å². The third kappa shape index (κ3) is 7.25. The molecule has 0 radical (unpaired) electrons. The Labute approximate surface area is 207 Å². The van der Waals surface area contributed by atoms with E-state index in [1.165, 1.54) is 12.8 Å². The van der Waals surface area contributed by atoms with Gasteiger partial charge in [0.25, 0.3) is 6.69 Å². The Hall–Kier alpha value is 0.994. The number of hydrogen-bond donors (Lipinski definition) is 1. The van der Waals surface area contributed by atoms with E-state index in [2.05, 4.69) is 31.3 Å². The molecule has 0 amide bonds. The van der Waals surface area contributed by atoms with Crippen LogP contribution in [0, 0.1) is 11.3 Å². The van der Waals surface area contributed by atoms with Crippen LogP contribution in [0.25, 0.3) is 0 Å². The van der Waals surface area contributed by atoms with Gasteiger partial charge in [-0.3, -0.25) is 4.79 Å². The summed E-state index contributed by atoms with van der Waals surface area (Å²) in [6.45, 7) is 2.52. The number of carbonyl (C=O) groups excluding carboxylic acids is 1. The molecular formula is C21H34Cl5NOSi2. The van der Waals surface area contributed by atoms with E-state index in [0.29, 0.717) is 12.5 Å². The van der Waals surface area contributed by atoms with Crippen molar-refractivity contribution in [2.45, 2.75) is 82.5 Å². The minimum absolute atomic E-state index is 0.0425. The van der Waals surface area contributed by atoms with E-state index in [1.54, 1.807) is 0 Å². The lowest BCUT2D eigenvalue weighted by atomic mass is 9.66. The van der Waals surface area contributed by atoms with Crippen LogP contribution < -0.4 is 5.32 Å². The molecule has 1 saturated heterocycles. The van der Waals surface area contributed by atoms with Crippen LogP contribution in [-0.2, 0) is 4.79 Å². The highest BCUT2D eigenvalue weighted by Gasteiger charge is 2.53. The summed E-state index contributed by atoms with van der Waals surface area (Å²) in [5.41, 5.74) is -0.555. The molecular weight excluding hydrogens is 516 g/mol. The van der Waals surface area contributed by atoms with E-state index in [4.69, 9.17) is 55.4 Å². The molecule has 172 valence electrons. The molecule has 1 fully saturated rings. The van der Waals surface area contributed by atoms with Crippen molar-refractivity contribution < 1.29 is 4.79 Å². The van der Waals surface area contributed by atoms with E-state index >= 15 is 0 Å². The normalized spacial score (nSPS) is 29.5. The highest BCUT2D eigenvalue weighted by atomic mass is 35.8. The zero-order chi connectivity index (χ0) is 22.4. The second kappa shape index (κ2) is 11.9. The van der Waals surface area contributed by atoms with Gasteiger partial charge in [0.05, 0.1) is 11.5 Å². The number of allylic oxidation sites excluding steroid dienone is 4. The van der Waals surface area contributed by atoms with E-state index in [9.17, 15) is 4.79 Å². The molecule has 9 heteroatoms. The van der Waals surface area contributed by atoms with Crippen LogP contribution in [0.2, 0.25) is 17.6 Å². The van der Waals surface area contributed by atoms with E-state index < -0.39 is 18.1 Å². The minimum atomic E-state index is -2.72. The molecule has 4 atom stereocenters. The molecule has 1 aliphatic carbocycles. The molecule has 0 spiro atoms. The fourth-order valence-corrected chi connectivity index (χ4v) is 11.2. The molecule has 0 saturated carbocycles. The topological polar surface area (TPSA) is 29.1 Å². The first-order chi connectivity index (χ1) is 14.0. The summed E-state index contributed by atoms with van der Waals surface area (Å²) < 4.78 is 0. The Morgan fingerprint density at radius 1 is 1.07 bits per heavy atom. The first-order valence-corrected chi connectivity index (χ1v) is 20.7. The molecule has 2 rings (SSSR count). The van der Waals surface area contributed by atoms with Gasteiger partial charge in [0, 0.05) is 5.54 Å². The predicted octanol–water partition coefficient (Wildman–Crippen LogP) is 7.97. The van der Waals surface area contributed by atoms with Crippen molar-refractivity contribution in [3.8, 4) is 0 Å². The lowest BCUT2D eigenvalue weighted by Gasteiger charge is -2.40. The number of ketones is 1. The maximum atomic E-state index is 14.0. The van der Waals surface area contributed by atoms with E-state index in [1.807, 2.05) is 12.2 Å². The number of Topliss-reactive ketones (excluding diaryl/α,β-unsaturated/α-hetero) is 1. The summed E-state index contributed by atoms with van der Waals surface area (Å²) in [5.74, 6) is 0.289. The highest BCUT2D eigenvalue weighted by Crippen LogP contribution is 2.48. The second-order valence-corrected chi connectivity index (χ2v) is 25.5. The quantitative estimate of drug-likeness (QED) is 0.152. The highest BCUT2D eigenvalue weighted by molar-refractivity contribution is 7.64. The second-order valence-electron chi connectivity index (χ2n) is 8.80. The Balaban J connectivity index is 2.17. The monoisotopic (exact) mass is 547 g/mol. The van der Waals surface area contributed by atoms with Gasteiger partial charge >= 0.3 is 6.00 Å². The zero-order valence-corrected chi connectivity index (χ0v) is 23.7. The van der Waals surface area contributed by atoms with Gasteiger partial charge in [0.2, 0.25) is 0 Å². The van der Waals surface area contributed by atoms with Crippen molar-refractivity contribution in [2.75, 3.05) is 6.54 Å². The van der Waals surface area contributed by atoms with Crippen molar-refractivity contribution in [3.63, 3.8) is 0 Å². The van der Waals surface area contributed by atoms with Crippen LogP contribution in [-0.4, -0.2) is 31.1 Å². The SMILES string of the molecule is CCCCCC[Si](Cl)(Cl)C1CCN[C@@H]1C(=O)C1(CCC[Si](Cl)(Cl)Cl)C=CC=CC1C. The first kappa shape index (κ1) is 27.2. The molecule has 30 heavy (non-hydrogen) atoms. The predicted molar refractivity (Wildman–Crippen MR) is 139 cm³/mol. The first-order valence-electron chi connectivity index (χ1n) is 11.1. The van der Waals surface area contributed by atoms with Crippen LogP contribution in [0.15, 0.2) is 24.3 Å². The van der Waals surface area contributed by atoms with E-state index in [0.717, 1.165) is 38.3 Å². The number of halogens is 5. The summed E-state index contributed by atoms with van der Waals surface area (Å²) in [7, 11) is 0. The summed E-state index contributed by atoms with van der Waals surface area (Å²) in [6, 6.07) is -1.60. The van der Waals surface area contributed by atoms with Gasteiger partial charge in [0.1, 0.15) is 0 Å². The molecule has 1 N–H and O–H groups in total. The lowest BCUT2D eigenvalue weighted by Crippen LogP contribution is -2.50. The Morgan fingerprint density at radius 3 is 2.43 bits per heavy atom. The average Bonchev–Trinajstić information content (AvgIpc) is 3.16. The van der Waals surface area contributed by atoms with Crippen molar-refractivity contribution in [1.29, 1.82) is 0 Å². The number of hydrogen-bond acceptors (Lipinski definition) is 2. The lowest BCUT2D eigenvalue weighted by molar-refractivity contribution is -0.130. The van der Waals surface area contributed by atoms with Crippen LogP contribution >= 0.6 is 55.4 Å². The summed E-state index contributed by atoms with van der Waals surface area (Å²) in [6.07, 6.45) is 15.0. The molecule has 0 bridgehead atoms. The van der Waals surface area contributed by atoms with Gasteiger partial charge in [-0.25, -0.2) is 0 Å². The molecule has 0 aromatic rings. The van der Waals surface area contributed by atoms with Crippen LogP contribution in [0.5, 0.6) is 0 Å². The van der Waals surface area contributed by atoms with Crippen molar-refractivity contribution >= 4 is 73.9 Å². The van der Waals surface area contributed by atoms with Crippen LogP contribution in [0.3, 0.4) is 0 Å². The number of unbranched alkanes of at least 4 members (excludes halogenated alkanes) is 3. The van der Waals surface area contributed by atoms with Gasteiger partial charge in [-0.05, 0) is 37.4 Å². The zero-order valence-electron chi connectivity index (χ0n) is 17.9. The minimum Gasteiger partial charge on any atom is -0.307 e. The maximum Gasteiger partial charge on any atom is 0.341 e. The average molecular weight is 550 g/mol. The smallest absolute Gasteiger partial charge is 0.307 e. The van der Waals surface area contributed by atoms with Crippen molar-refractivity contribution in [3.05, 3.63) is 24.3 Å². The Kier molecular flexibility index (Phi) is 10.8. The Bertz CT molecular complexity index is 637. The van der Waals surface area contributed by atoms with Gasteiger partial charge < -0.3 is 5.32 Å². The maximum absolute atomic E-state index is 14.0. The molecule has 2 nitrogen and oxygen atoms in total. The molecule has 1 heterocycles. The number of rotatable bonds is 12. The van der Waals surface area contributed by atoms with Gasteiger partial charge in [-0.1, -0.05) is 70.3 Å². The van der Waals surface area contributed by atoms with Gasteiger partial charge in [-0.15, -0.1) is 55.4 Å². The van der Waals surface area contributed by atoms with Gasteiger partial charge in [0.15, 0.2) is 5.78 Å². The largest absolute Gasteiger partial charge is 0.341 e. The van der Waals surface area contributed by atoms with Gasteiger partial charge in [-0.2, -0.15) is 0 Å². The van der Waals surface area contributed by atoms with Crippen molar-refractivity contribution in [1.82, 2.24) is 5.32 Å². The van der Waals surface area contributed by atoms with Crippen molar-refractivity contribution in [2.24, 2.45) is 11.3 Å². The van der Waals surface area contributed by atoms with Crippen LogP contribution in [0.1, 0.15) is 58.8 Å². The molecule has 0 aromatic heterocycles. The fraction of sp³-hybridized carbons (Fsp3) is 0.762. The summed E-state index contributed by atoms with van der Waals surface area (Å²) >= 11 is 32.3. The third-order valence-corrected chi connectivity index (χ3v) is 14.8. The molecule has 2 aliphatic rings. The summed E-state index contributed by atoms with van der Waals surface area (Å²) in [5, 5.41) is 3.45. The fourth-order valence-electron chi connectivity index (χ4n) is 4.80. The van der Waals surface area contributed by atoms with E-state index in [-0.39, 0.29) is 23.3 Å². The number of nitrogens with one attached hydrogen (secondary N) is 1. The summed E-state index contributed by atoms with van der Waals surface area (Å²) in [4.78, 5) is 14.0. The molecule has 3 unspecified atom stereocenters.